The molecule has 196 valence electrons. The average Bonchev–Trinajstić information content (AvgIpc) is 3.55. The number of fused-ring (bicyclic) bond motifs is 2. The van der Waals surface area contributed by atoms with Crippen LogP contribution in [0.25, 0.3) is 16.9 Å². The van der Waals surface area contributed by atoms with Crippen LogP contribution in [0.3, 0.4) is 0 Å². The first-order valence-electron chi connectivity index (χ1n) is 13.1. The number of benzene rings is 2. The molecular formula is C30H33N5O3. The van der Waals surface area contributed by atoms with Gasteiger partial charge in [0.2, 0.25) is 6.79 Å². The third-order valence-corrected chi connectivity index (χ3v) is 7.26. The summed E-state index contributed by atoms with van der Waals surface area (Å²) in [4.78, 5) is 23.1. The molecule has 8 nitrogen and oxygen atoms in total. The fourth-order valence-corrected chi connectivity index (χ4v) is 4.93. The van der Waals surface area contributed by atoms with Crippen LogP contribution in [0.4, 0.5) is 0 Å². The van der Waals surface area contributed by atoms with Crippen LogP contribution in [0.1, 0.15) is 48.1 Å². The van der Waals surface area contributed by atoms with Crippen molar-refractivity contribution in [2.45, 2.75) is 39.7 Å². The summed E-state index contributed by atoms with van der Waals surface area (Å²) in [5, 5.41) is 4.82. The van der Waals surface area contributed by atoms with E-state index in [1.807, 2.05) is 29.2 Å². The van der Waals surface area contributed by atoms with Crippen molar-refractivity contribution < 1.29 is 14.3 Å². The van der Waals surface area contributed by atoms with Gasteiger partial charge in [0.15, 0.2) is 17.1 Å². The summed E-state index contributed by atoms with van der Waals surface area (Å²) in [7, 11) is 0. The highest BCUT2D eigenvalue weighted by Crippen LogP contribution is 2.33. The molecule has 0 radical (unpaired) electrons. The van der Waals surface area contributed by atoms with Gasteiger partial charge in [0.1, 0.15) is 5.69 Å². The number of carbonyl (C=O) groups excluding carboxylic acids is 1. The Kier molecular flexibility index (Phi) is 6.07. The van der Waals surface area contributed by atoms with Gasteiger partial charge in [-0.15, -0.1) is 0 Å². The van der Waals surface area contributed by atoms with E-state index in [0.29, 0.717) is 24.4 Å². The molecule has 2 aromatic heterocycles. The maximum atomic E-state index is 13.9. The zero-order valence-electron chi connectivity index (χ0n) is 22.4. The van der Waals surface area contributed by atoms with Crippen molar-refractivity contribution in [1.29, 1.82) is 0 Å². The molecule has 1 saturated heterocycles. The number of aryl methyl sites for hydroxylation is 1. The van der Waals surface area contributed by atoms with E-state index in [0.717, 1.165) is 48.1 Å². The Hall–Kier alpha value is -3.91. The van der Waals surface area contributed by atoms with Gasteiger partial charge < -0.3 is 14.4 Å². The predicted molar refractivity (Wildman–Crippen MR) is 146 cm³/mol. The highest BCUT2D eigenvalue weighted by molar-refractivity contribution is 5.94. The van der Waals surface area contributed by atoms with Crippen LogP contribution in [-0.4, -0.2) is 63.3 Å². The third kappa shape index (κ3) is 4.72. The fourth-order valence-electron chi connectivity index (χ4n) is 4.93. The lowest BCUT2D eigenvalue weighted by molar-refractivity contribution is 0.0619. The quantitative estimate of drug-likeness (QED) is 0.396. The van der Waals surface area contributed by atoms with Crippen molar-refractivity contribution in [1.82, 2.24) is 24.4 Å². The molecule has 38 heavy (non-hydrogen) atoms. The molecule has 2 aromatic carbocycles. The molecule has 4 heterocycles. The van der Waals surface area contributed by atoms with Gasteiger partial charge in [-0.2, -0.15) is 5.10 Å². The van der Waals surface area contributed by atoms with Gasteiger partial charge in [-0.3, -0.25) is 9.69 Å². The van der Waals surface area contributed by atoms with Gasteiger partial charge in [0.05, 0.1) is 11.4 Å². The molecule has 2 aliphatic heterocycles. The van der Waals surface area contributed by atoms with Crippen molar-refractivity contribution in [3.05, 3.63) is 77.1 Å². The number of piperazine rings is 1. The number of carbonyl (C=O) groups is 1. The van der Waals surface area contributed by atoms with Crippen LogP contribution < -0.4 is 9.47 Å². The molecule has 8 heteroatoms. The Morgan fingerprint density at radius 3 is 2.39 bits per heavy atom. The van der Waals surface area contributed by atoms with E-state index in [4.69, 9.17) is 19.6 Å². The largest absolute Gasteiger partial charge is 0.454 e. The van der Waals surface area contributed by atoms with E-state index in [-0.39, 0.29) is 18.1 Å². The van der Waals surface area contributed by atoms with E-state index >= 15 is 0 Å². The van der Waals surface area contributed by atoms with Gasteiger partial charge in [-0.25, -0.2) is 9.50 Å². The van der Waals surface area contributed by atoms with Crippen molar-refractivity contribution >= 4 is 11.6 Å². The first kappa shape index (κ1) is 24.4. The highest BCUT2D eigenvalue weighted by atomic mass is 16.7. The Morgan fingerprint density at radius 2 is 1.66 bits per heavy atom. The molecule has 0 atom stereocenters. The Bertz CT molecular complexity index is 1500. The summed E-state index contributed by atoms with van der Waals surface area (Å²) >= 11 is 0. The standard InChI is InChI=1S/C30H33N5O3/c1-20-5-8-22(9-6-20)23-16-24(35-28(31-23)17-27(32-35)30(2,3)4)29(36)34-13-11-33(12-14-34)18-21-7-10-25-26(15-21)38-19-37-25/h5-10,15-17H,11-14,18-19H2,1-4H3. The van der Waals surface area contributed by atoms with Gasteiger partial charge in [0, 0.05) is 49.8 Å². The summed E-state index contributed by atoms with van der Waals surface area (Å²) in [5.74, 6) is 1.58. The molecule has 0 N–H and O–H groups in total. The summed E-state index contributed by atoms with van der Waals surface area (Å²) in [6, 6.07) is 18.2. The van der Waals surface area contributed by atoms with Crippen LogP contribution in [-0.2, 0) is 12.0 Å². The Morgan fingerprint density at radius 1 is 0.921 bits per heavy atom. The summed E-state index contributed by atoms with van der Waals surface area (Å²) in [6.07, 6.45) is 0. The molecule has 1 amide bonds. The number of aromatic nitrogens is 3. The molecule has 0 aliphatic carbocycles. The molecule has 0 saturated carbocycles. The number of ether oxygens (including phenoxy) is 2. The monoisotopic (exact) mass is 511 g/mol. The van der Waals surface area contributed by atoms with E-state index in [9.17, 15) is 4.79 Å². The summed E-state index contributed by atoms with van der Waals surface area (Å²) in [5.41, 5.74) is 6.12. The smallest absolute Gasteiger partial charge is 0.272 e. The van der Waals surface area contributed by atoms with Crippen molar-refractivity contribution in [3.8, 4) is 22.8 Å². The van der Waals surface area contributed by atoms with Crippen molar-refractivity contribution in [3.63, 3.8) is 0 Å². The van der Waals surface area contributed by atoms with Crippen LogP contribution in [0.2, 0.25) is 0 Å². The summed E-state index contributed by atoms with van der Waals surface area (Å²) in [6.45, 7) is 12.4. The molecule has 4 aromatic rings. The number of nitrogens with zero attached hydrogens (tertiary/aromatic N) is 5. The normalized spacial score (nSPS) is 15.8. The summed E-state index contributed by atoms with van der Waals surface area (Å²) < 4.78 is 12.7. The van der Waals surface area contributed by atoms with Gasteiger partial charge >= 0.3 is 0 Å². The number of amides is 1. The van der Waals surface area contributed by atoms with Crippen molar-refractivity contribution in [2.75, 3.05) is 33.0 Å². The zero-order chi connectivity index (χ0) is 26.4. The molecule has 0 spiro atoms. The first-order chi connectivity index (χ1) is 18.2. The second-order valence-electron chi connectivity index (χ2n) is 11.2. The van der Waals surface area contributed by atoms with Crippen LogP contribution in [0, 0.1) is 6.92 Å². The molecule has 2 aliphatic rings. The van der Waals surface area contributed by atoms with E-state index in [1.165, 1.54) is 11.1 Å². The minimum absolute atomic E-state index is 0.0166. The van der Waals surface area contributed by atoms with Crippen LogP contribution >= 0.6 is 0 Å². The van der Waals surface area contributed by atoms with Crippen molar-refractivity contribution in [2.24, 2.45) is 0 Å². The Balaban J connectivity index is 1.24. The lowest BCUT2D eigenvalue weighted by atomic mass is 9.93. The zero-order valence-corrected chi connectivity index (χ0v) is 22.4. The lowest BCUT2D eigenvalue weighted by Gasteiger charge is -2.34. The minimum atomic E-state index is -0.154. The molecule has 6 rings (SSSR count). The molecule has 0 bridgehead atoms. The molecular weight excluding hydrogens is 478 g/mol. The second-order valence-corrected chi connectivity index (χ2v) is 11.2. The number of rotatable bonds is 4. The average molecular weight is 512 g/mol. The molecule has 0 unspecified atom stereocenters. The third-order valence-electron chi connectivity index (χ3n) is 7.26. The topological polar surface area (TPSA) is 72.2 Å². The SMILES string of the molecule is Cc1ccc(-c2cc(C(=O)N3CCN(Cc4ccc5c(c4)OCO5)CC3)n3nc(C(C)(C)C)cc3n2)cc1. The maximum Gasteiger partial charge on any atom is 0.272 e. The van der Waals surface area contributed by atoms with E-state index in [2.05, 4.69) is 62.9 Å². The maximum absolute atomic E-state index is 13.9. The lowest BCUT2D eigenvalue weighted by Crippen LogP contribution is -2.48. The van der Waals surface area contributed by atoms with Gasteiger partial charge in [0.25, 0.3) is 5.91 Å². The predicted octanol–water partition coefficient (Wildman–Crippen LogP) is 4.69. The highest BCUT2D eigenvalue weighted by Gasteiger charge is 2.27. The second kappa shape index (κ2) is 9.44. The minimum Gasteiger partial charge on any atom is -0.454 e. The number of hydrogen-bond donors (Lipinski definition) is 0. The van der Waals surface area contributed by atoms with E-state index in [1.54, 1.807) is 4.52 Å². The van der Waals surface area contributed by atoms with E-state index < -0.39 is 0 Å². The first-order valence-corrected chi connectivity index (χ1v) is 13.1. The Labute approximate surface area is 222 Å². The van der Waals surface area contributed by atoms with Gasteiger partial charge in [-0.05, 0) is 30.7 Å². The fraction of sp³-hybridized carbons (Fsp3) is 0.367. The van der Waals surface area contributed by atoms with Gasteiger partial charge in [-0.1, -0.05) is 56.7 Å². The van der Waals surface area contributed by atoms with Crippen LogP contribution in [0.15, 0.2) is 54.6 Å². The number of hydrogen-bond acceptors (Lipinski definition) is 6. The van der Waals surface area contributed by atoms with Crippen LogP contribution in [0.5, 0.6) is 11.5 Å². The molecule has 1 fully saturated rings.